The molecule has 0 aliphatic carbocycles. The smallest absolute Gasteiger partial charge is 0.328 e. The Morgan fingerprint density at radius 1 is 1.52 bits per heavy atom. The quantitative estimate of drug-likeness (QED) is 0.819. The minimum absolute atomic E-state index is 0.126. The van der Waals surface area contributed by atoms with Gasteiger partial charge in [-0.25, -0.2) is 9.89 Å². The van der Waals surface area contributed by atoms with Crippen molar-refractivity contribution in [1.82, 2.24) is 14.8 Å². The number of benzene rings is 1. The molecule has 1 aromatic carbocycles. The zero-order valence-corrected chi connectivity index (χ0v) is 14.5. The minimum atomic E-state index is -0.160. The van der Waals surface area contributed by atoms with E-state index in [2.05, 4.69) is 32.2 Å². The number of nitrogens with one attached hydrogen (secondary N) is 1. The van der Waals surface area contributed by atoms with Crippen molar-refractivity contribution >= 4 is 27.7 Å². The summed E-state index contributed by atoms with van der Waals surface area (Å²) >= 11 is 5.05. The highest BCUT2D eigenvalue weighted by molar-refractivity contribution is 9.10. The van der Waals surface area contributed by atoms with E-state index in [-0.39, 0.29) is 11.7 Å². The van der Waals surface area contributed by atoms with Gasteiger partial charge in [0.15, 0.2) is 5.16 Å². The van der Waals surface area contributed by atoms with E-state index < -0.39 is 0 Å². The molecular formula is C14H19BrN4OS. The molecule has 1 atom stereocenters. The molecule has 0 saturated carbocycles. The van der Waals surface area contributed by atoms with Crippen molar-refractivity contribution in [1.29, 1.82) is 0 Å². The van der Waals surface area contributed by atoms with E-state index in [0.717, 1.165) is 22.2 Å². The number of nitrogens with zero attached hydrogens (tertiary/aromatic N) is 2. The maximum atomic E-state index is 11.7. The van der Waals surface area contributed by atoms with Gasteiger partial charge in [0.2, 0.25) is 0 Å². The summed E-state index contributed by atoms with van der Waals surface area (Å²) in [7, 11) is 0. The first-order valence-electron chi connectivity index (χ1n) is 6.88. The summed E-state index contributed by atoms with van der Waals surface area (Å²) in [6.07, 6.45) is 1.72. The molecule has 0 spiro atoms. The van der Waals surface area contributed by atoms with Crippen LogP contribution in [0.25, 0.3) is 0 Å². The van der Waals surface area contributed by atoms with Crippen molar-refractivity contribution in [3.63, 3.8) is 0 Å². The third kappa shape index (κ3) is 4.21. The molecule has 2 aromatic rings. The van der Waals surface area contributed by atoms with Crippen molar-refractivity contribution in [2.24, 2.45) is 5.73 Å². The van der Waals surface area contributed by atoms with Crippen molar-refractivity contribution in [2.45, 2.75) is 49.3 Å². The van der Waals surface area contributed by atoms with Gasteiger partial charge < -0.3 is 5.73 Å². The molecule has 1 aromatic heterocycles. The molecule has 0 amide bonds. The predicted octanol–water partition coefficient (Wildman–Crippen LogP) is 2.78. The molecule has 1 unspecified atom stereocenters. The summed E-state index contributed by atoms with van der Waals surface area (Å²) in [5.74, 6) is 0. The number of rotatable bonds is 6. The lowest BCUT2D eigenvalue weighted by atomic mass is 10.1. The molecule has 1 heterocycles. The molecule has 5 nitrogen and oxygen atoms in total. The Morgan fingerprint density at radius 2 is 2.29 bits per heavy atom. The van der Waals surface area contributed by atoms with Crippen LogP contribution in [0.4, 0.5) is 0 Å². The summed E-state index contributed by atoms with van der Waals surface area (Å²) in [5, 5.41) is 7.27. The highest BCUT2D eigenvalue weighted by atomic mass is 79.9. The van der Waals surface area contributed by atoms with Crippen molar-refractivity contribution in [2.75, 3.05) is 0 Å². The Morgan fingerprint density at radius 3 is 2.90 bits per heavy atom. The lowest BCUT2D eigenvalue weighted by molar-refractivity contribution is 0.604. The highest BCUT2D eigenvalue weighted by Gasteiger charge is 2.11. The first kappa shape index (κ1) is 16.3. The summed E-state index contributed by atoms with van der Waals surface area (Å²) in [6, 6.07) is 6.26. The average Bonchev–Trinajstić information content (AvgIpc) is 2.75. The molecule has 21 heavy (non-hydrogen) atoms. The first-order chi connectivity index (χ1) is 10.0. The molecule has 7 heteroatoms. The second kappa shape index (κ2) is 7.29. The van der Waals surface area contributed by atoms with Gasteiger partial charge in [0.25, 0.3) is 0 Å². The van der Waals surface area contributed by atoms with Gasteiger partial charge in [-0.2, -0.15) is 0 Å². The molecular weight excluding hydrogens is 352 g/mol. The van der Waals surface area contributed by atoms with E-state index >= 15 is 0 Å². The van der Waals surface area contributed by atoms with Crippen LogP contribution in [0, 0.1) is 0 Å². The monoisotopic (exact) mass is 370 g/mol. The molecule has 114 valence electrons. The zero-order valence-electron chi connectivity index (χ0n) is 12.1. The molecule has 0 fully saturated rings. The second-order valence-corrected chi connectivity index (χ2v) is 6.89. The van der Waals surface area contributed by atoms with Gasteiger partial charge in [-0.05, 0) is 49.2 Å². The fourth-order valence-electron chi connectivity index (χ4n) is 2.01. The Labute approximate surface area is 136 Å². The van der Waals surface area contributed by atoms with E-state index in [1.54, 1.807) is 4.57 Å². The van der Waals surface area contributed by atoms with Crippen LogP contribution in [0.1, 0.15) is 25.8 Å². The highest BCUT2D eigenvalue weighted by Crippen LogP contribution is 2.29. The number of halogens is 1. The van der Waals surface area contributed by atoms with Crippen molar-refractivity contribution in [3.8, 4) is 0 Å². The fraction of sp³-hybridized carbons (Fsp3) is 0.429. The van der Waals surface area contributed by atoms with E-state index in [9.17, 15) is 4.79 Å². The van der Waals surface area contributed by atoms with Crippen LogP contribution in [0.2, 0.25) is 0 Å². The van der Waals surface area contributed by atoms with E-state index in [1.807, 2.05) is 26.0 Å². The molecule has 0 radical (unpaired) electrons. The summed E-state index contributed by atoms with van der Waals surface area (Å²) in [4.78, 5) is 12.7. The predicted molar refractivity (Wildman–Crippen MR) is 88.8 cm³/mol. The van der Waals surface area contributed by atoms with Gasteiger partial charge in [-0.1, -0.05) is 28.9 Å². The Kier molecular flexibility index (Phi) is 5.66. The third-order valence-electron chi connectivity index (χ3n) is 2.95. The van der Waals surface area contributed by atoms with Crippen LogP contribution in [0.15, 0.2) is 37.5 Å². The van der Waals surface area contributed by atoms with Gasteiger partial charge >= 0.3 is 5.69 Å². The van der Waals surface area contributed by atoms with Crippen LogP contribution in [-0.2, 0) is 13.0 Å². The number of aromatic amines is 1. The van der Waals surface area contributed by atoms with Gasteiger partial charge in [-0.15, -0.1) is 5.10 Å². The summed E-state index contributed by atoms with van der Waals surface area (Å²) < 4.78 is 2.69. The maximum Gasteiger partial charge on any atom is 0.343 e. The SMILES string of the molecule is CCCn1c(Sc2ccc(CC(C)N)c(Br)c2)n[nH]c1=O. The summed E-state index contributed by atoms with van der Waals surface area (Å²) in [5.41, 5.74) is 6.86. The maximum absolute atomic E-state index is 11.7. The molecule has 3 N–H and O–H groups in total. The third-order valence-corrected chi connectivity index (χ3v) is 4.67. The lowest BCUT2D eigenvalue weighted by Gasteiger charge is -2.09. The van der Waals surface area contributed by atoms with E-state index in [4.69, 9.17) is 5.73 Å². The van der Waals surface area contributed by atoms with Crippen LogP contribution in [0.3, 0.4) is 0 Å². The minimum Gasteiger partial charge on any atom is -0.328 e. The number of hydrogen-bond acceptors (Lipinski definition) is 4. The number of H-pyrrole nitrogens is 1. The number of hydrogen-bond donors (Lipinski definition) is 2. The number of nitrogens with two attached hydrogens (primary N) is 1. The van der Waals surface area contributed by atoms with Gasteiger partial charge in [0.1, 0.15) is 0 Å². The van der Waals surface area contributed by atoms with E-state index in [0.29, 0.717) is 11.7 Å². The van der Waals surface area contributed by atoms with Gasteiger partial charge in [0, 0.05) is 22.0 Å². The van der Waals surface area contributed by atoms with Crippen molar-refractivity contribution in [3.05, 3.63) is 38.7 Å². The van der Waals surface area contributed by atoms with Crippen LogP contribution in [-0.4, -0.2) is 20.8 Å². The largest absolute Gasteiger partial charge is 0.343 e. The lowest BCUT2D eigenvalue weighted by Crippen LogP contribution is -2.18. The van der Waals surface area contributed by atoms with Crippen molar-refractivity contribution < 1.29 is 0 Å². The normalized spacial score (nSPS) is 12.6. The molecule has 2 rings (SSSR count). The Hall–Kier alpha value is -1.05. The Bertz CT molecular complexity index is 665. The number of aromatic nitrogens is 3. The Balaban J connectivity index is 2.20. The molecule has 0 bridgehead atoms. The average molecular weight is 371 g/mol. The van der Waals surface area contributed by atoms with Crippen LogP contribution >= 0.6 is 27.7 Å². The fourth-order valence-corrected chi connectivity index (χ4v) is 3.60. The zero-order chi connectivity index (χ0) is 15.4. The second-order valence-electron chi connectivity index (χ2n) is 5.00. The molecule has 0 aliphatic rings. The molecule has 0 saturated heterocycles. The van der Waals surface area contributed by atoms with Gasteiger partial charge in [-0.3, -0.25) is 4.57 Å². The summed E-state index contributed by atoms with van der Waals surface area (Å²) in [6.45, 7) is 4.69. The standard InChI is InChI=1S/C14H19BrN4OS/c1-3-6-19-13(20)17-18-14(19)21-11-5-4-10(7-9(2)16)12(15)8-11/h4-5,8-9H,3,6-7,16H2,1-2H3,(H,17,20). The first-order valence-corrected chi connectivity index (χ1v) is 8.49. The van der Waals surface area contributed by atoms with Crippen LogP contribution in [0.5, 0.6) is 0 Å². The van der Waals surface area contributed by atoms with Gasteiger partial charge in [0.05, 0.1) is 0 Å². The topological polar surface area (TPSA) is 76.7 Å². The van der Waals surface area contributed by atoms with E-state index in [1.165, 1.54) is 17.3 Å². The van der Waals surface area contributed by atoms with Crippen LogP contribution < -0.4 is 11.4 Å². The molecule has 0 aliphatic heterocycles.